The van der Waals surface area contributed by atoms with Gasteiger partial charge in [0.25, 0.3) is 0 Å². The quantitative estimate of drug-likeness (QED) is 0.478. The standard InChI is InChI=1S/C21H25N5O2S/c27-19(22-10-9-14-12-23-18-8-4-3-7-17(14)18)11-16-13-29-21(25-16)26-20(28)24-15-5-1-2-6-15/h3-4,7-8,12-13,15,23H,1-2,5-6,9-11H2,(H,22,27)(H2,24,25,26,28). The van der Waals surface area contributed by atoms with E-state index in [1.807, 2.05) is 29.8 Å². The summed E-state index contributed by atoms with van der Waals surface area (Å²) in [5, 5.41) is 12.2. The fourth-order valence-corrected chi connectivity index (χ4v) is 4.44. The van der Waals surface area contributed by atoms with E-state index in [-0.39, 0.29) is 24.4 Å². The average Bonchev–Trinajstić information content (AvgIpc) is 3.44. The number of anilines is 1. The minimum Gasteiger partial charge on any atom is -0.361 e. The molecule has 0 spiro atoms. The minimum absolute atomic E-state index is 0.0721. The van der Waals surface area contributed by atoms with Crippen molar-refractivity contribution in [1.29, 1.82) is 0 Å². The molecule has 4 N–H and O–H groups in total. The number of amides is 3. The van der Waals surface area contributed by atoms with Gasteiger partial charge in [-0.1, -0.05) is 31.0 Å². The predicted octanol–water partition coefficient (Wildman–Crippen LogP) is 3.59. The molecule has 1 fully saturated rings. The Morgan fingerprint density at radius 3 is 2.90 bits per heavy atom. The largest absolute Gasteiger partial charge is 0.361 e. The number of urea groups is 1. The second-order valence-corrected chi connectivity index (χ2v) is 8.22. The Morgan fingerprint density at radius 1 is 1.21 bits per heavy atom. The molecule has 2 heterocycles. The Kier molecular flexibility index (Phi) is 6.09. The van der Waals surface area contributed by atoms with E-state index in [0.29, 0.717) is 17.4 Å². The van der Waals surface area contributed by atoms with Crippen molar-refractivity contribution in [3.8, 4) is 0 Å². The Hall–Kier alpha value is -2.87. The number of hydrogen-bond donors (Lipinski definition) is 4. The van der Waals surface area contributed by atoms with Crippen LogP contribution in [0.5, 0.6) is 0 Å². The fraction of sp³-hybridized carbons (Fsp3) is 0.381. The van der Waals surface area contributed by atoms with Crippen molar-refractivity contribution >= 4 is 39.3 Å². The van der Waals surface area contributed by atoms with Gasteiger partial charge in [0.05, 0.1) is 12.1 Å². The zero-order chi connectivity index (χ0) is 20.1. The highest BCUT2D eigenvalue weighted by atomic mass is 32.1. The van der Waals surface area contributed by atoms with E-state index in [2.05, 4.69) is 32.0 Å². The van der Waals surface area contributed by atoms with Crippen LogP contribution in [-0.2, 0) is 17.6 Å². The summed E-state index contributed by atoms with van der Waals surface area (Å²) in [5.41, 5.74) is 2.96. The van der Waals surface area contributed by atoms with Crippen molar-refractivity contribution in [3.63, 3.8) is 0 Å². The van der Waals surface area contributed by atoms with Gasteiger partial charge in [0.15, 0.2) is 5.13 Å². The summed E-state index contributed by atoms with van der Waals surface area (Å²) in [6, 6.07) is 8.17. The Balaban J connectivity index is 1.21. The third kappa shape index (κ3) is 5.14. The molecule has 7 nitrogen and oxygen atoms in total. The minimum atomic E-state index is -0.221. The molecule has 1 aromatic carbocycles. The summed E-state index contributed by atoms with van der Waals surface area (Å²) >= 11 is 1.33. The Morgan fingerprint density at radius 2 is 2.03 bits per heavy atom. The fourth-order valence-electron chi connectivity index (χ4n) is 3.74. The number of nitrogens with one attached hydrogen (secondary N) is 4. The molecular weight excluding hydrogens is 386 g/mol. The molecular formula is C21H25N5O2S. The average molecular weight is 412 g/mol. The van der Waals surface area contributed by atoms with E-state index >= 15 is 0 Å². The predicted molar refractivity (Wildman–Crippen MR) is 115 cm³/mol. The maximum Gasteiger partial charge on any atom is 0.321 e. The summed E-state index contributed by atoms with van der Waals surface area (Å²) in [4.78, 5) is 31.8. The lowest BCUT2D eigenvalue weighted by atomic mass is 10.1. The van der Waals surface area contributed by atoms with E-state index in [1.165, 1.54) is 35.1 Å². The molecule has 0 bridgehead atoms. The van der Waals surface area contributed by atoms with Gasteiger partial charge in [0.1, 0.15) is 0 Å². The summed E-state index contributed by atoms with van der Waals surface area (Å²) < 4.78 is 0. The first-order chi connectivity index (χ1) is 14.2. The topological polar surface area (TPSA) is 98.9 Å². The molecule has 3 aromatic rings. The third-order valence-corrected chi connectivity index (χ3v) is 6.00. The number of benzene rings is 1. The molecule has 2 aromatic heterocycles. The van der Waals surface area contributed by atoms with Crippen molar-refractivity contribution in [2.75, 3.05) is 11.9 Å². The highest BCUT2D eigenvalue weighted by Gasteiger charge is 2.17. The molecule has 1 saturated carbocycles. The molecule has 152 valence electrons. The first-order valence-corrected chi connectivity index (χ1v) is 10.9. The third-order valence-electron chi connectivity index (χ3n) is 5.20. The molecule has 0 unspecified atom stereocenters. The van der Waals surface area contributed by atoms with Gasteiger partial charge in [-0.05, 0) is 30.9 Å². The van der Waals surface area contributed by atoms with Crippen molar-refractivity contribution < 1.29 is 9.59 Å². The lowest BCUT2D eigenvalue weighted by Gasteiger charge is -2.11. The molecule has 1 aliphatic rings. The summed E-state index contributed by atoms with van der Waals surface area (Å²) in [5.74, 6) is -0.0721. The molecule has 3 amide bonds. The lowest BCUT2D eigenvalue weighted by Crippen LogP contribution is -2.36. The second kappa shape index (κ2) is 9.09. The number of aromatic nitrogens is 2. The highest BCUT2D eigenvalue weighted by Crippen LogP contribution is 2.19. The number of hydrogen-bond acceptors (Lipinski definition) is 4. The van der Waals surface area contributed by atoms with E-state index < -0.39 is 0 Å². The lowest BCUT2D eigenvalue weighted by molar-refractivity contribution is -0.120. The van der Waals surface area contributed by atoms with Gasteiger partial charge >= 0.3 is 6.03 Å². The van der Waals surface area contributed by atoms with E-state index in [0.717, 1.165) is 24.8 Å². The monoisotopic (exact) mass is 411 g/mol. The molecule has 1 aliphatic carbocycles. The molecule has 8 heteroatoms. The number of rotatable bonds is 7. The number of para-hydroxylation sites is 1. The molecule has 0 radical (unpaired) electrons. The Bertz CT molecular complexity index is 990. The Labute approximate surface area is 173 Å². The van der Waals surface area contributed by atoms with Crippen molar-refractivity contribution in [1.82, 2.24) is 20.6 Å². The highest BCUT2D eigenvalue weighted by molar-refractivity contribution is 7.13. The van der Waals surface area contributed by atoms with Gasteiger partial charge in [-0.25, -0.2) is 9.78 Å². The molecule has 4 rings (SSSR count). The maximum absolute atomic E-state index is 12.2. The first kappa shape index (κ1) is 19.4. The SMILES string of the molecule is O=C(Cc1csc(NC(=O)NC2CCCC2)n1)NCCc1c[nH]c2ccccc12. The number of nitrogens with zero attached hydrogens (tertiary/aromatic N) is 1. The van der Waals surface area contributed by atoms with Crippen LogP contribution in [0.2, 0.25) is 0 Å². The summed E-state index contributed by atoms with van der Waals surface area (Å²) in [6.45, 7) is 0.569. The van der Waals surface area contributed by atoms with Gasteiger partial charge in [-0.3, -0.25) is 10.1 Å². The van der Waals surface area contributed by atoms with Crippen LogP contribution in [0.15, 0.2) is 35.8 Å². The number of carbonyl (C=O) groups is 2. The van der Waals surface area contributed by atoms with Crippen molar-refractivity contribution in [2.45, 2.75) is 44.6 Å². The molecule has 29 heavy (non-hydrogen) atoms. The zero-order valence-electron chi connectivity index (χ0n) is 16.2. The van der Waals surface area contributed by atoms with Crippen LogP contribution in [0.4, 0.5) is 9.93 Å². The molecule has 0 atom stereocenters. The smallest absolute Gasteiger partial charge is 0.321 e. The number of carbonyl (C=O) groups excluding carboxylic acids is 2. The second-order valence-electron chi connectivity index (χ2n) is 7.36. The van der Waals surface area contributed by atoms with E-state index in [9.17, 15) is 9.59 Å². The van der Waals surface area contributed by atoms with Crippen LogP contribution >= 0.6 is 11.3 Å². The van der Waals surface area contributed by atoms with Crippen LogP contribution in [0.3, 0.4) is 0 Å². The van der Waals surface area contributed by atoms with E-state index in [1.54, 1.807) is 0 Å². The van der Waals surface area contributed by atoms with Crippen LogP contribution in [0.25, 0.3) is 10.9 Å². The van der Waals surface area contributed by atoms with Crippen LogP contribution in [-0.4, -0.2) is 34.5 Å². The number of aromatic amines is 1. The first-order valence-electron chi connectivity index (χ1n) is 10.0. The van der Waals surface area contributed by atoms with Gasteiger partial charge in [-0.2, -0.15) is 0 Å². The molecule has 0 aliphatic heterocycles. The van der Waals surface area contributed by atoms with Gasteiger partial charge in [0, 0.05) is 35.1 Å². The van der Waals surface area contributed by atoms with Gasteiger partial charge in [-0.15, -0.1) is 11.3 Å². The van der Waals surface area contributed by atoms with Crippen molar-refractivity contribution in [2.24, 2.45) is 0 Å². The van der Waals surface area contributed by atoms with Crippen molar-refractivity contribution in [3.05, 3.63) is 47.1 Å². The molecule has 0 saturated heterocycles. The summed E-state index contributed by atoms with van der Waals surface area (Å²) in [7, 11) is 0. The van der Waals surface area contributed by atoms with Crippen LogP contribution in [0, 0.1) is 0 Å². The van der Waals surface area contributed by atoms with Gasteiger partial charge in [0.2, 0.25) is 5.91 Å². The normalized spacial score (nSPS) is 14.2. The van der Waals surface area contributed by atoms with Crippen LogP contribution < -0.4 is 16.0 Å². The van der Waals surface area contributed by atoms with Gasteiger partial charge < -0.3 is 15.6 Å². The number of fused-ring (bicyclic) bond motifs is 1. The maximum atomic E-state index is 12.2. The zero-order valence-corrected chi connectivity index (χ0v) is 17.0. The summed E-state index contributed by atoms with van der Waals surface area (Å²) in [6.07, 6.45) is 7.37. The number of thiazole rings is 1. The van der Waals surface area contributed by atoms with Crippen LogP contribution in [0.1, 0.15) is 36.9 Å². The van der Waals surface area contributed by atoms with E-state index in [4.69, 9.17) is 0 Å². The number of H-pyrrole nitrogens is 1.